The summed E-state index contributed by atoms with van der Waals surface area (Å²) in [5.74, 6) is 1.21. The average Bonchev–Trinajstić information content (AvgIpc) is 3.07. The lowest BCUT2D eigenvalue weighted by Gasteiger charge is -2.33. The largest absolute Gasteiger partial charge is 0.433 e. The molecule has 1 N–H and O–H groups in total. The van der Waals surface area contributed by atoms with Gasteiger partial charge in [0.15, 0.2) is 0 Å². The molecule has 1 aliphatic heterocycles. The molecule has 2 aliphatic rings. The van der Waals surface area contributed by atoms with Crippen molar-refractivity contribution in [1.82, 2.24) is 10.2 Å². The monoisotopic (exact) mass is 323 g/mol. The van der Waals surface area contributed by atoms with Gasteiger partial charge in [-0.05, 0) is 24.8 Å². The smallest absolute Gasteiger partial charge is 0.404 e. The Balaban J connectivity index is 0.000001000. The van der Waals surface area contributed by atoms with E-state index < -0.39 is 4.92 Å². The topological polar surface area (TPSA) is 71.6 Å². The van der Waals surface area contributed by atoms with Gasteiger partial charge in [0.25, 0.3) is 0 Å². The highest BCUT2D eigenvalue weighted by Crippen LogP contribution is 2.45. The zero-order valence-electron chi connectivity index (χ0n) is 11.0. The summed E-state index contributed by atoms with van der Waals surface area (Å²) in [7, 11) is 0. The molecule has 0 radical (unpaired) electrons. The third-order valence-electron chi connectivity index (χ3n) is 3.70. The van der Waals surface area contributed by atoms with Gasteiger partial charge in [0.05, 0.1) is 12.1 Å². The Labute approximate surface area is 129 Å². The first kappa shape index (κ1) is 17.2. The number of rotatable bonds is 4. The van der Waals surface area contributed by atoms with Gasteiger partial charge in [0.2, 0.25) is 0 Å². The number of nitrogens with zero attached hydrogens (tertiary/aromatic N) is 2. The van der Waals surface area contributed by atoms with Crippen molar-refractivity contribution in [2.75, 3.05) is 26.2 Å². The number of hydrogen-bond acceptors (Lipinski definition) is 5. The first-order valence-corrected chi connectivity index (χ1v) is 6.44. The molecule has 0 unspecified atom stereocenters. The molecular weight excluding hydrogens is 305 g/mol. The Hall–Kier alpha value is -0.820. The van der Waals surface area contributed by atoms with Crippen LogP contribution in [0.3, 0.4) is 0 Å². The van der Waals surface area contributed by atoms with Crippen molar-refractivity contribution in [3.63, 3.8) is 0 Å². The van der Waals surface area contributed by atoms with Gasteiger partial charge in [-0.3, -0.25) is 15.0 Å². The van der Waals surface area contributed by atoms with Gasteiger partial charge in [-0.2, -0.15) is 0 Å². The van der Waals surface area contributed by atoms with Crippen LogP contribution in [0.2, 0.25) is 0 Å². The molecule has 1 atom stereocenters. The van der Waals surface area contributed by atoms with Crippen molar-refractivity contribution in [3.05, 3.63) is 28.0 Å². The van der Waals surface area contributed by atoms with Crippen molar-refractivity contribution in [3.8, 4) is 0 Å². The summed E-state index contributed by atoms with van der Waals surface area (Å²) < 4.78 is 5.40. The van der Waals surface area contributed by atoms with Crippen LogP contribution in [0, 0.1) is 16.0 Å². The van der Waals surface area contributed by atoms with Crippen LogP contribution in [0.1, 0.15) is 24.6 Å². The summed E-state index contributed by atoms with van der Waals surface area (Å²) in [4.78, 5) is 12.6. The normalized spacial score (nSPS) is 20.6. The van der Waals surface area contributed by atoms with Crippen molar-refractivity contribution in [2.24, 2.45) is 5.92 Å². The minimum absolute atomic E-state index is 0. The number of halogens is 2. The fourth-order valence-electron chi connectivity index (χ4n) is 2.68. The van der Waals surface area contributed by atoms with Crippen LogP contribution in [-0.4, -0.2) is 36.0 Å². The quantitative estimate of drug-likeness (QED) is 0.680. The molecule has 0 aromatic carbocycles. The fourth-order valence-corrected chi connectivity index (χ4v) is 2.68. The number of furan rings is 1. The third kappa shape index (κ3) is 3.63. The van der Waals surface area contributed by atoms with E-state index in [9.17, 15) is 10.1 Å². The molecule has 1 aromatic rings. The molecule has 3 rings (SSSR count). The summed E-state index contributed by atoms with van der Waals surface area (Å²) in [6.45, 7) is 3.92. The van der Waals surface area contributed by atoms with Crippen molar-refractivity contribution in [2.45, 2.75) is 18.9 Å². The van der Waals surface area contributed by atoms with Crippen LogP contribution in [0.15, 0.2) is 16.5 Å². The summed E-state index contributed by atoms with van der Waals surface area (Å²) in [5.41, 5.74) is 0. The van der Waals surface area contributed by atoms with E-state index in [1.54, 1.807) is 6.07 Å². The minimum Gasteiger partial charge on any atom is -0.404 e. The lowest BCUT2D eigenvalue weighted by atomic mass is 10.1. The average molecular weight is 324 g/mol. The molecule has 1 saturated carbocycles. The second-order valence-corrected chi connectivity index (χ2v) is 5.00. The first-order chi connectivity index (χ1) is 8.75. The second-order valence-electron chi connectivity index (χ2n) is 5.00. The SMILES string of the molecule is Cl.Cl.O=[N+]([O-])c1ccc([C@H](C2CC2)N2CCNCC2)o1. The van der Waals surface area contributed by atoms with Crippen molar-refractivity contribution in [1.29, 1.82) is 0 Å². The predicted octanol–water partition coefficient (Wildman–Crippen LogP) is 2.39. The Morgan fingerprint density at radius 3 is 2.45 bits per heavy atom. The summed E-state index contributed by atoms with van der Waals surface area (Å²) in [6.07, 6.45) is 2.40. The molecule has 0 bridgehead atoms. The van der Waals surface area contributed by atoms with E-state index in [0.717, 1.165) is 31.9 Å². The van der Waals surface area contributed by atoms with Crippen LogP contribution in [-0.2, 0) is 0 Å². The highest BCUT2D eigenvalue weighted by Gasteiger charge is 2.39. The second kappa shape index (κ2) is 7.26. The molecule has 114 valence electrons. The van der Waals surface area contributed by atoms with Crippen molar-refractivity contribution < 1.29 is 9.34 Å². The Bertz CT molecular complexity index is 445. The van der Waals surface area contributed by atoms with E-state index in [4.69, 9.17) is 4.42 Å². The van der Waals surface area contributed by atoms with Gasteiger partial charge in [0.1, 0.15) is 10.7 Å². The molecule has 8 heteroatoms. The summed E-state index contributed by atoms with van der Waals surface area (Å²) in [6, 6.07) is 3.46. The zero-order chi connectivity index (χ0) is 12.5. The van der Waals surface area contributed by atoms with Gasteiger partial charge < -0.3 is 9.73 Å². The first-order valence-electron chi connectivity index (χ1n) is 6.44. The van der Waals surface area contributed by atoms with Gasteiger partial charge in [-0.25, -0.2) is 0 Å². The van der Waals surface area contributed by atoms with E-state index in [0.29, 0.717) is 5.92 Å². The van der Waals surface area contributed by atoms with Gasteiger partial charge in [-0.15, -0.1) is 24.8 Å². The molecule has 2 fully saturated rings. The third-order valence-corrected chi connectivity index (χ3v) is 3.70. The number of nitrogens with one attached hydrogen (secondary N) is 1. The number of piperazine rings is 1. The fraction of sp³-hybridized carbons (Fsp3) is 0.667. The number of nitro groups is 1. The number of hydrogen-bond donors (Lipinski definition) is 1. The summed E-state index contributed by atoms with van der Waals surface area (Å²) >= 11 is 0. The molecule has 6 nitrogen and oxygen atoms in total. The van der Waals surface area contributed by atoms with E-state index >= 15 is 0 Å². The molecular formula is C12H19Cl2N3O3. The molecule has 1 aliphatic carbocycles. The lowest BCUT2D eigenvalue weighted by molar-refractivity contribution is -0.402. The van der Waals surface area contributed by atoms with E-state index in [1.807, 2.05) is 0 Å². The predicted molar refractivity (Wildman–Crippen MR) is 79.8 cm³/mol. The molecule has 20 heavy (non-hydrogen) atoms. The van der Waals surface area contributed by atoms with Gasteiger partial charge in [0, 0.05) is 26.2 Å². The van der Waals surface area contributed by atoms with E-state index in [2.05, 4.69) is 10.2 Å². The maximum Gasteiger partial charge on any atom is 0.433 e. The zero-order valence-corrected chi connectivity index (χ0v) is 12.6. The molecule has 0 spiro atoms. The lowest BCUT2D eigenvalue weighted by Crippen LogP contribution is -2.45. The van der Waals surface area contributed by atoms with Gasteiger partial charge in [-0.1, -0.05) is 0 Å². The summed E-state index contributed by atoms with van der Waals surface area (Å²) in [5, 5.41) is 14.0. The van der Waals surface area contributed by atoms with Gasteiger partial charge >= 0.3 is 5.88 Å². The Morgan fingerprint density at radius 2 is 1.95 bits per heavy atom. The molecule has 1 aromatic heterocycles. The molecule has 2 heterocycles. The maximum absolute atomic E-state index is 10.7. The Morgan fingerprint density at radius 1 is 1.30 bits per heavy atom. The maximum atomic E-state index is 10.7. The molecule has 1 saturated heterocycles. The highest BCUT2D eigenvalue weighted by molar-refractivity contribution is 5.85. The van der Waals surface area contributed by atoms with Crippen LogP contribution in [0.5, 0.6) is 0 Å². The highest BCUT2D eigenvalue weighted by atomic mass is 35.5. The van der Waals surface area contributed by atoms with E-state index in [-0.39, 0.29) is 36.7 Å². The standard InChI is InChI=1S/C12H17N3O3.2ClH/c16-15(17)11-4-3-10(18-11)12(9-1-2-9)14-7-5-13-6-8-14;;/h3-4,9,12-13H,1-2,5-8H2;2*1H/t12-;;/m0../s1. The molecule has 0 amide bonds. The van der Waals surface area contributed by atoms with Crippen LogP contribution in [0.25, 0.3) is 0 Å². The Kier molecular flexibility index (Phi) is 6.26. The van der Waals surface area contributed by atoms with E-state index in [1.165, 1.54) is 18.9 Å². The minimum atomic E-state index is -0.467. The van der Waals surface area contributed by atoms with Crippen LogP contribution in [0.4, 0.5) is 5.88 Å². The van der Waals surface area contributed by atoms with Crippen LogP contribution >= 0.6 is 24.8 Å². The van der Waals surface area contributed by atoms with Crippen molar-refractivity contribution >= 4 is 30.7 Å². The van der Waals surface area contributed by atoms with Crippen LogP contribution < -0.4 is 5.32 Å².